The average molecular weight is 342 g/mol. The second-order valence-electron chi connectivity index (χ2n) is 4.73. The fourth-order valence-corrected chi connectivity index (χ4v) is 4.37. The molecule has 0 aliphatic carbocycles. The number of carbonyl (C=O) groups excluding carboxylic acids is 2. The number of thiophene rings is 2. The van der Waals surface area contributed by atoms with Crippen molar-refractivity contribution >= 4 is 34.9 Å². The molecule has 2 aromatic heterocycles. The molecular weight excluding hydrogens is 328 g/mol. The Morgan fingerprint density at radius 2 is 1.96 bits per heavy atom. The van der Waals surface area contributed by atoms with Crippen LogP contribution in [0.5, 0.6) is 0 Å². The van der Waals surface area contributed by atoms with Crippen LogP contribution in [0.1, 0.15) is 27.0 Å². The van der Waals surface area contributed by atoms with Crippen LogP contribution in [-0.4, -0.2) is 18.9 Å². The van der Waals surface area contributed by atoms with Crippen LogP contribution in [0.25, 0.3) is 20.9 Å². The van der Waals surface area contributed by atoms with Gasteiger partial charge in [-0.1, -0.05) is 36.4 Å². The predicted octanol–water partition coefficient (Wildman–Crippen LogP) is 5.13. The normalized spacial score (nSPS) is 10.5. The Hall–Kier alpha value is -2.24. The highest BCUT2D eigenvalue weighted by atomic mass is 32.1. The summed E-state index contributed by atoms with van der Waals surface area (Å²) in [6.45, 7) is 2.07. The molecule has 23 heavy (non-hydrogen) atoms. The molecule has 0 spiro atoms. The number of ether oxygens (including phenoxy) is 1. The van der Waals surface area contributed by atoms with Gasteiger partial charge in [0.2, 0.25) is 0 Å². The number of hydrogen-bond acceptors (Lipinski definition) is 5. The third kappa shape index (κ3) is 2.98. The Morgan fingerprint density at radius 1 is 1.17 bits per heavy atom. The number of benzene rings is 1. The van der Waals surface area contributed by atoms with Crippen LogP contribution in [0.2, 0.25) is 0 Å². The Morgan fingerprint density at radius 3 is 2.57 bits per heavy atom. The molecule has 3 nitrogen and oxygen atoms in total. The molecule has 0 aliphatic rings. The SMILES string of the molecule is CCOC(=O)c1c(-c2ccccc2)sc(C=O)c1-c1cccs1. The molecule has 0 aliphatic heterocycles. The first-order valence-corrected chi connectivity index (χ1v) is 8.84. The van der Waals surface area contributed by atoms with Crippen molar-refractivity contribution in [3.05, 3.63) is 58.3 Å². The number of rotatable bonds is 5. The van der Waals surface area contributed by atoms with Crippen LogP contribution in [-0.2, 0) is 4.74 Å². The van der Waals surface area contributed by atoms with Gasteiger partial charge in [-0.3, -0.25) is 4.79 Å². The molecule has 1 aromatic carbocycles. The molecule has 0 fully saturated rings. The second-order valence-corrected chi connectivity index (χ2v) is 6.73. The minimum Gasteiger partial charge on any atom is -0.462 e. The summed E-state index contributed by atoms with van der Waals surface area (Å²) in [4.78, 5) is 26.3. The molecule has 0 saturated carbocycles. The van der Waals surface area contributed by atoms with E-state index in [1.165, 1.54) is 22.7 Å². The maximum absolute atomic E-state index is 12.6. The quantitative estimate of drug-likeness (QED) is 0.477. The molecule has 0 saturated heterocycles. The lowest BCUT2D eigenvalue weighted by Gasteiger charge is -2.06. The molecule has 0 unspecified atom stereocenters. The zero-order chi connectivity index (χ0) is 16.2. The van der Waals surface area contributed by atoms with E-state index in [4.69, 9.17) is 4.74 Å². The molecule has 5 heteroatoms. The maximum Gasteiger partial charge on any atom is 0.340 e. The standard InChI is InChI=1S/C18H14O3S2/c1-2-21-18(20)16-15(13-9-6-10-22-13)14(11-19)23-17(16)12-7-4-3-5-8-12/h3-11H,2H2,1H3. The van der Waals surface area contributed by atoms with Crippen LogP contribution in [0.3, 0.4) is 0 Å². The summed E-state index contributed by atoms with van der Waals surface area (Å²) in [6, 6.07) is 13.4. The highest BCUT2D eigenvalue weighted by Crippen LogP contribution is 2.43. The Kier molecular flexibility index (Phi) is 4.69. The zero-order valence-electron chi connectivity index (χ0n) is 12.4. The van der Waals surface area contributed by atoms with E-state index >= 15 is 0 Å². The van der Waals surface area contributed by atoms with Gasteiger partial charge in [0.15, 0.2) is 6.29 Å². The molecule has 0 atom stereocenters. The van der Waals surface area contributed by atoms with Gasteiger partial charge in [-0.2, -0.15) is 0 Å². The van der Waals surface area contributed by atoms with Crippen molar-refractivity contribution in [1.29, 1.82) is 0 Å². The first-order valence-electron chi connectivity index (χ1n) is 7.14. The van der Waals surface area contributed by atoms with Crippen molar-refractivity contribution in [2.45, 2.75) is 6.92 Å². The second kappa shape index (κ2) is 6.89. The predicted molar refractivity (Wildman–Crippen MR) is 94.4 cm³/mol. The van der Waals surface area contributed by atoms with Crippen LogP contribution in [0.15, 0.2) is 47.8 Å². The van der Waals surface area contributed by atoms with Crippen LogP contribution in [0, 0.1) is 0 Å². The van der Waals surface area contributed by atoms with Crippen molar-refractivity contribution in [2.24, 2.45) is 0 Å². The van der Waals surface area contributed by atoms with E-state index in [2.05, 4.69) is 0 Å². The molecule has 3 rings (SSSR count). The lowest BCUT2D eigenvalue weighted by atomic mass is 10.0. The fourth-order valence-electron chi connectivity index (χ4n) is 2.39. The van der Waals surface area contributed by atoms with E-state index in [0.717, 1.165) is 21.6 Å². The Labute approximate surface area is 142 Å². The van der Waals surface area contributed by atoms with Crippen molar-refractivity contribution in [2.75, 3.05) is 6.61 Å². The highest BCUT2D eigenvalue weighted by Gasteiger charge is 2.26. The van der Waals surface area contributed by atoms with Gasteiger partial charge in [0, 0.05) is 10.4 Å². The zero-order valence-corrected chi connectivity index (χ0v) is 14.1. The summed E-state index contributed by atoms with van der Waals surface area (Å²) in [7, 11) is 0. The molecule has 0 radical (unpaired) electrons. The van der Waals surface area contributed by atoms with Crippen molar-refractivity contribution in [3.63, 3.8) is 0 Å². The van der Waals surface area contributed by atoms with E-state index < -0.39 is 0 Å². The minimum absolute atomic E-state index is 0.295. The minimum atomic E-state index is -0.390. The first-order chi connectivity index (χ1) is 11.3. The number of hydrogen-bond donors (Lipinski definition) is 0. The van der Waals surface area contributed by atoms with Gasteiger partial charge in [0.05, 0.1) is 21.9 Å². The topological polar surface area (TPSA) is 43.4 Å². The largest absolute Gasteiger partial charge is 0.462 e. The van der Waals surface area contributed by atoms with Crippen LogP contribution >= 0.6 is 22.7 Å². The van der Waals surface area contributed by atoms with Gasteiger partial charge < -0.3 is 4.74 Å². The van der Waals surface area contributed by atoms with Crippen LogP contribution < -0.4 is 0 Å². The van der Waals surface area contributed by atoms with E-state index in [1.54, 1.807) is 6.92 Å². The summed E-state index contributed by atoms with van der Waals surface area (Å²) in [5, 5.41) is 1.93. The summed E-state index contributed by atoms with van der Waals surface area (Å²) < 4.78 is 5.24. The lowest BCUT2D eigenvalue weighted by Crippen LogP contribution is -2.06. The molecule has 0 bridgehead atoms. The third-order valence-electron chi connectivity index (χ3n) is 3.33. The molecule has 0 N–H and O–H groups in total. The number of aldehydes is 1. The van der Waals surface area contributed by atoms with Gasteiger partial charge in [-0.25, -0.2) is 4.79 Å². The summed E-state index contributed by atoms with van der Waals surface area (Å²) in [6.07, 6.45) is 0.814. The molecule has 2 heterocycles. The summed E-state index contributed by atoms with van der Waals surface area (Å²) in [5.41, 5.74) is 2.07. The highest BCUT2D eigenvalue weighted by molar-refractivity contribution is 7.19. The average Bonchev–Trinajstić information content (AvgIpc) is 3.22. The smallest absolute Gasteiger partial charge is 0.340 e. The van der Waals surface area contributed by atoms with Crippen LogP contribution in [0.4, 0.5) is 0 Å². The van der Waals surface area contributed by atoms with Gasteiger partial charge >= 0.3 is 5.97 Å². The van der Waals surface area contributed by atoms with E-state index in [1.807, 2.05) is 47.8 Å². The summed E-state index contributed by atoms with van der Waals surface area (Å²) in [5.74, 6) is -0.390. The fraction of sp³-hybridized carbons (Fsp3) is 0.111. The maximum atomic E-state index is 12.6. The number of esters is 1. The van der Waals surface area contributed by atoms with Crippen molar-refractivity contribution in [3.8, 4) is 20.9 Å². The number of carbonyl (C=O) groups is 2. The van der Waals surface area contributed by atoms with Gasteiger partial charge in [0.1, 0.15) is 0 Å². The third-order valence-corrected chi connectivity index (χ3v) is 5.38. The van der Waals surface area contributed by atoms with Gasteiger partial charge in [-0.05, 0) is 23.9 Å². The molecular formula is C18H14O3S2. The van der Waals surface area contributed by atoms with Crippen molar-refractivity contribution in [1.82, 2.24) is 0 Å². The lowest BCUT2D eigenvalue weighted by molar-refractivity contribution is 0.0528. The van der Waals surface area contributed by atoms with Gasteiger partial charge in [0.25, 0.3) is 0 Å². The first kappa shape index (κ1) is 15.6. The Balaban J connectivity index is 2.28. The molecule has 3 aromatic rings. The van der Waals surface area contributed by atoms with Gasteiger partial charge in [-0.15, -0.1) is 22.7 Å². The monoisotopic (exact) mass is 342 g/mol. The molecule has 0 amide bonds. The van der Waals surface area contributed by atoms with E-state index in [9.17, 15) is 9.59 Å². The summed E-state index contributed by atoms with van der Waals surface area (Å²) >= 11 is 2.83. The van der Waals surface area contributed by atoms with Crippen molar-refractivity contribution < 1.29 is 14.3 Å². The molecule has 116 valence electrons. The van der Waals surface area contributed by atoms with E-state index in [-0.39, 0.29) is 5.97 Å². The Bertz CT molecular complexity index is 818. The van der Waals surface area contributed by atoms with E-state index in [0.29, 0.717) is 22.6 Å².